The summed E-state index contributed by atoms with van der Waals surface area (Å²) < 4.78 is 5.45. The highest BCUT2D eigenvalue weighted by molar-refractivity contribution is 5.98. The number of aliphatic imine (C=N–C) groups is 1. The summed E-state index contributed by atoms with van der Waals surface area (Å²) in [4.78, 5) is 7.00. The minimum Gasteiger partial charge on any atom is -0.378 e. The second kappa shape index (κ2) is 6.27. The van der Waals surface area contributed by atoms with Gasteiger partial charge in [-0.05, 0) is 37.5 Å². The van der Waals surface area contributed by atoms with E-state index in [4.69, 9.17) is 4.74 Å². The lowest BCUT2D eigenvalue weighted by Crippen LogP contribution is -2.36. The average Bonchev–Trinajstić information content (AvgIpc) is 2.49. The number of rotatable bonds is 2. The van der Waals surface area contributed by atoms with E-state index in [1.165, 1.54) is 29.8 Å². The predicted octanol–water partition coefficient (Wildman–Crippen LogP) is 2.83. The molecule has 0 unspecified atom stereocenters. The van der Waals surface area contributed by atoms with Crippen LogP contribution in [0.15, 0.2) is 23.2 Å². The number of morpholine rings is 1. The Bertz CT molecular complexity index is 492. The van der Waals surface area contributed by atoms with Crippen molar-refractivity contribution in [1.29, 1.82) is 0 Å². The summed E-state index contributed by atoms with van der Waals surface area (Å²) in [6.07, 6.45) is 3.52. The molecule has 1 aromatic rings. The Morgan fingerprint density at radius 1 is 1.20 bits per heavy atom. The molecule has 0 aliphatic carbocycles. The molecule has 1 fully saturated rings. The van der Waals surface area contributed by atoms with Gasteiger partial charge in [-0.1, -0.05) is 6.07 Å². The maximum Gasteiger partial charge on any atom is 0.101 e. The largest absolute Gasteiger partial charge is 0.378 e. The maximum atomic E-state index is 5.45. The van der Waals surface area contributed by atoms with Crippen molar-refractivity contribution in [2.45, 2.75) is 26.2 Å². The van der Waals surface area contributed by atoms with Crippen LogP contribution in [0.3, 0.4) is 0 Å². The summed E-state index contributed by atoms with van der Waals surface area (Å²) in [5, 5.41) is 3.56. The van der Waals surface area contributed by atoms with Gasteiger partial charge in [-0.2, -0.15) is 0 Å². The Morgan fingerprint density at radius 2 is 2.05 bits per heavy atom. The fourth-order valence-corrected chi connectivity index (χ4v) is 2.78. The van der Waals surface area contributed by atoms with Crippen molar-refractivity contribution in [3.63, 3.8) is 0 Å². The molecular formula is C16H23N3O. The molecule has 0 aromatic heterocycles. The van der Waals surface area contributed by atoms with Crippen molar-refractivity contribution in [2.24, 2.45) is 4.99 Å². The molecule has 2 aliphatic rings. The van der Waals surface area contributed by atoms with Crippen LogP contribution in [0.5, 0.6) is 0 Å². The van der Waals surface area contributed by atoms with Crippen LogP contribution in [0.2, 0.25) is 0 Å². The number of amidine groups is 1. The lowest BCUT2D eigenvalue weighted by Gasteiger charge is -2.31. The molecule has 0 radical (unpaired) electrons. The zero-order chi connectivity index (χ0) is 13.8. The molecule has 2 heterocycles. The van der Waals surface area contributed by atoms with E-state index in [9.17, 15) is 0 Å². The lowest BCUT2D eigenvalue weighted by molar-refractivity contribution is 0.123. The molecule has 1 N–H and O–H groups in total. The van der Waals surface area contributed by atoms with Crippen molar-refractivity contribution in [1.82, 2.24) is 0 Å². The second-order valence-corrected chi connectivity index (χ2v) is 5.53. The highest BCUT2D eigenvalue weighted by atomic mass is 16.5. The van der Waals surface area contributed by atoms with E-state index in [1.807, 2.05) is 0 Å². The van der Waals surface area contributed by atoms with Gasteiger partial charge in [0.2, 0.25) is 0 Å². The number of ether oxygens (including phenoxy) is 1. The number of anilines is 2. The third kappa shape index (κ3) is 3.12. The zero-order valence-corrected chi connectivity index (χ0v) is 12.2. The van der Waals surface area contributed by atoms with Crippen molar-refractivity contribution in [3.8, 4) is 0 Å². The van der Waals surface area contributed by atoms with E-state index < -0.39 is 0 Å². The molecule has 3 rings (SSSR count). The number of hydrogen-bond acceptors (Lipinski definition) is 4. The molecular weight excluding hydrogens is 250 g/mol. The molecule has 4 heteroatoms. The van der Waals surface area contributed by atoms with Crippen LogP contribution in [0.4, 0.5) is 11.4 Å². The first-order chi connectivity index (χ1) is 9.83. The van der Waals surface area contributed by atoms with E-state index in [2.05, 4.69) is 40.3 Å². The molecule has 0 atom stereocenters. The molecule has 20 heavy (non-hydrogen) atoms. The number of nitrogens with zero attached hydrogens (tertiary/aromatic N) is 2. The number of aryl methyl sites for hydroxylation is 1. The monoisotopic (exact) mass is 273 g/mol. The third-order valence-electron chi connectivity index (χ3n) is 3.91. The lowest BCUT2D eigenvalue weighted by atomic mass is 10.1. The topological polar surface area (TPSA) is 36.9 Å². The smallest absolute Gasteiger partial charge is 0.101 e. The molecule has 0 saturated carbocycles. The minimum atomic E-state index is 0.814. The van der Waals surface area contributed by atoms with Crippen LogP contribution in [-0.4, -0.2) is 38.7 Å². The van der Waals surface area contributed by atoms with Gasteiger partial charge in [-0.25, -0.2) is 0 Å². The summed E-state index contributed by atoms with van der Waals surface area (Å²) >= 11 is 0. The fourth-order valence-electron chi connectivity index (χ4n) is 2.78. The van der Waals surface area contributed by atoms with Crippen LogP contribution in [-0.2, 0) is 4.74 Å². The van der Waals surface area contributed by atoms with Crippen LogP contribution < -0.4 is 10.2 Å². The third-order valence-corrected chi connectivity index (χ3v) is 3.91. The van der Waals surface area contributed by atoms with E-state index in [0.717, 1.165) is 45.1 Å². The number of nitrogens with one attached hydrogen (secondary N) is 1. The van der Waals surface area contributed by atoms with Gasteiger partial charge in [0.25, 0.3) is 0 Å². The van der Waals surface area contributed by atoms with Gasteiger partial charge in [-0.3, -0.25) is 4.99 Å². The van der Waals surface area contributed by atoms with Crippen LogP contribution >= 0.6 is 0 Å². The highest BCUT2D eigenvalue weighted by Crippen LogP contribution is 2.28. The van der Waals surface area contributed by atoms with Crippen LogP contribution in [0.25, 0.3) is 0 Å². The summed E-state index contributed by atoms with van der Waals surface area (Å²) in [5.41, 5.74) is 3.74. The average molecular weight is 273 g/mol. The van der Waals surface area contributed by atoms with E-state index in [-0.39, 0.29) is 0 Å². The van der Waals surface area contributed by atoms with Gasteiger partial charge in [0.1, 0.15) is 5.84 Å². The SMILES string of the molecule is Cc1ccc(N2CCOCC2)c(NC2=NCCCC2)c1. The zero-order valence-electron chi connectivity index (χ0n) is 12.2. The number of hydrogen-bond donors (Lipinski definition) is 1. The van der Waals surface area contributed by atoms with Crippen molar-refractivity contribution in [2.75, 3.05) is 43.1 Å². The maximum absolute atomic E-state index is 5.45. The molecule has 108 valence electrons. The van der Waals surface area contributed by atoms with E-state index in [0.29, 0.717) is 0 Å². The van der Waals surface area contributed by atoms with Crippen LogP contribution in [0, 0.1) is 6.92 Å². The molecule has 0 spiro atoms. The predicted molar refractivity (Wildman–Crippen MR) is 84.0 cm³/mol. The number of benzene rings is 1. The van der Waals surface area contributed by atoms with Gasteiger partial charge in [-0.15, -0.1) is 0 Å². The van der Waals surface area contributed by atoms with Crippen LogP contribution in [0.1, 0.15) is 24.8 Å². The summed E-state index contributed by atoms with van der Waals surface area (Å²) in [7, 11) is 0. The Labute approximate surface area is 120 Å². The summed E-state index contributed by atoms with van der Waals surface area (Å²) in [5.74, 6) is 1.14. The normalized spacial score (nSPS) is 19.6. The Balaban J connectivity index is 1.83. The summed E-state index contributed by atoms with van der Waals surface area (Å²) in [6.45, 7) is 6.65. The highest BCUT2D eigenvalue weighted by Gasteiger charge is 2.16. The quantitative estimate of drug-likeness (QED) is 0.900. The molecule has 2 aliphatic heterocycles. The molecule has 1 aromatic carbocycles. The van der Waals surface area contributed by atoms with Crippen molar-refractivity contribution >= 4 is 17.2 Å². The first kappa shape index (κ1) is 13.4. The fraction of sp³-hybridized carbons (Fsp3) is 0.562. The Hall–Kier alpha value is -1.55. The molecule has 0 bridgehead atoms. The van der Waals surface area contributed by atoms with Gasteiger partial charge < -0.3 is 15.0 Å². The van der Waals surface area contributed by atoms with Gasteiger partial charge >= 0.3 is 0 Å². The second-order valence-electron chi connectivity index (χ2n) is 5.53. The Kier molecular flexibility index (Phi) is 4.21. The summed E-state index contributed by atoms with van der Waals surface area (Å²) in [6, 6.07) is 6.62. The minimum absolute atomic E-state index is 0.814. The molecule has 4 nitrogen and oxygen atoms in total. The Morgan fingerprint density at radius 3 is 2.80 bits per heavy atom. The van der Waals surface area contributed by atoms with Gasteiger partial charge in [0.15, 0.2) is 0 Å². The molecule has 1 saturated heterocycles. The molecule has 0 amide bonds. The van der Waals surface area contributed by atoms with E-state index >= 15 is 0 Å². The van der Waals surface area contributed by atoms with Gasteiger partial charge in [0, 0.05) is 26.1 Å². The first-order valence-electron chi connectivity index (χ1n) is 7.56. The standard InChI is InChI=1S/C16H23N3O/c1-13-5-6-15(19-8-10-20-11-9-19)14(12-13)18-16-4-2-3-7-17-16/h5-6,12H,2-4,7-11H2,1H3,(H,17,18). The van der Waals surface area contributed by atoms with E-state index in [1.54, 1.807) is 0 Å². The van der Waals surface area contributed by atoms with Gasteiger partial charge in [0.05, 0.1) is 24.6 Å². The van der Waals surface area contributed by atoms with Crippen molar-refractivity contribution < 1.29 is 4.74 Å². The first-order valence-corrected chi connectivity index (χ1v) is 7.56. The van der Waals surface area contributed by atoms with Crippen molar-refractivity contribution in [3.05, 3.63) is 23.8 Å².